The molecule has 0 saturated carbocycles. The van der Waals surface area contributed by atoms with Crippen LogP contribution in [0.3, 0.4) is 0 Å². The third-order valence-electron chi connectivity index (χ3n) is 2.24. The van der Waals surface area contributed by atoms with Crippen LogP contribution in [-0.2, 0) is 10.0 Å². The highest BCUT2D eigenvalue weighted by Crippen LogP contribution is 2.20. The first kappa shape index (κ1) is 13.9. The minimum Gasteiger partial charge on any atom is -0.491 e. The van der Waals surface area contributed by atoms with Crippen molar-refractivity contribution >= 4 is 10.0 Å². The first-order chi connectivity index (χ1) is 7.95. The Kier molecular flexibility index (Phi) is 4.89. The summed E-state index contributed by atoms with van der Waals surface area (Å²) in [5, 5.41) is 4.88. The van der Waals surface area contributed by atoms with Gasteiger partial charge in [-0.25, -0.2) is 17.9 Å². The SMILES string of the molecule is CCCCCOc1ccc(S(N)(=O)=O)cc1F. The van der Waals surface area contributed by atoms with Gasteiger partial charge in [-0.1, -0.05) is 19.8 Å². The van der Waals surface area contributed by atoms with Crippen LogP contribution in [-0.4, -0.2) is 15.0 Å². The molecule has 0 spiro atoms. The Morgan fingerprint density at radius 3 is 2.59 bits per heavy atom. The molecule has 0 radical (unpaired) electrons. The molecule has 0 saturated heterocycles. The van der Waals surface area contributed by atoms with E-state index >= 15 is 0 Å². The number of primary sulfonamides is 1. The Morgan fingerprint density at radius 2 is 2.06 bits per heavy atom. The maximum Gasteiger partial charge on any atom is 0.238 e. The first-order valence-corrected chi connectivity index (χ1v) is 6.95. The highest BCUT2D eigenvalue weighted by atomic mass is 32.2. The van der Waals surface area contributed by atoms with Crippen molar-refractivity contribution in [1.29, 1.82) is 0 Å². The summed E-state index contributed by atoms with van der Waals surface area (Å²) < 4.78 is 40.6. The van der Waals surface area contributed by atoms with Crippen LogP contribution in [0.1, 0.15) is 26.2 Å². The summed E-state index contributed by atoms with van der Waals surface area (Å²) in [6.45, 7) is 2.47. The maximum atomic E-state index is 13.4. The van der Waals surface area contributed by atoms with E-state index in [2.05, 4.69) is 6.92 Å². The highest BCUT2D eigenvalue weighted by molar-refractivity contribution is 7.89. The van der Waals surface area contributed by atoms with E-state index in [9.17, 15) is 12.8 Å². The van der Waals surface area contributed by atoms with Crippen molar-refractivity contribution in [2.45, 2.75) is 31.1 Å². The average Bonchev–Trinajstić information content (AvgIpc) is 2.24. The van der Waals surface area contributed by atoms with Gasteiger partial charge >= 0.3 is 0 Å². The van der Waals surface area contributed by atoms with Crippen molar-refractivity contribution in [3.63, 3.8) is 0 Å². The monoisotopic (exact) mass is 261 g/mol. The van der Waals surface area contributed by atoms with Gasteiger partial charge in [0.25, 0.3) is 0 Å². The fourth-order valence-corrected chi connectivity index (χ4v) is 1.84. The molecule has 0 aliphatic carbocycles. The third-order valence-corrected chi connectivity index (χ3v) is 3.15. The number of unbranched alkanes of at least 4 members (excludes halogenated alkanes) is 2. The molecule has 1 aromatic rings. The normalized spacial score (nSPS) is 11.5. The predicted octanol–water partition coefficient (Wildman–Crippen LogP) is 2.04. The van der Waals surface area contributed by atoms with Gasteiger partial charge in [-0.05, 0) is 24.6 Å². The van der Waals surface area contributed by atoms with E-state index < -0.39 is 15.8 Å². The van der Waals surface area contributed by atoms with Crippen molar-refractivity contribution in [3.8, 4) is 5.75 Å². The molecule has 0 amide bonds. The molecule has 96 valence electrons. The highest BCUT2D eigenvalue weighted by Gasteiger charge is 2.11. The number of hydrogen-bond donors (Lipinski definition) is 1. The molecule has 0 aliphatic rings. The minimum atomic E-state index is -3.87. The van der Waals surface area contributed by atoms with Crippen LogP contribution in [0, 0.1) is 5.82 Å². The lowest BCUT2D eigenvalue weighted by atomic mass is 10.3. The molecule has 0 unspecified atom stereocenters. The Bertz CT molecular complexity index is 474. The Labute approximate surface area is 101 Å². The molecular weight excluding hydrogens is 245 g/mol. The number of halogens is 1. The second kappa shape index (κ2) is 5.97. The molecular formula is C11H16FNO3S. The zero-order chi connectivity index (χ0) is 12.9. The fourth-order valence-electron chi connectivity index (χ4n) is 1.31. The van der Waals surface area contributed by atoms with E-state index in [1.165, 1.54) is 12.1 Å². The van der Waals surface area contributed by atoms with E-state index in [1.54, 1.807) is 0 Å². The Morgan fingerprint density at radius 1 is 1.35 bits per heavy atom. The summed E-state index contributed by atoms with van der Waals surface area (Å²) in [6, 6.07) is 3.37. The number of ether oxygens (including phenoxy) is 1. The smallest absolute Gasteiger partial charge is 0.238 e. The van der Waals surface area contributed by atoms with E-state index in [0.717, 1.165) is 25.3 Å². The topological polar surface area (TPSA) is 69.4 Å². The Balaban J connectivity index is 2.70. The van der Waals surface area contributed by atoms with Crippen LogP contribution in [0.15, 0.2) is 23.1 Å². The third kappa shape index (κ3) is 4.32. The van der Waals surface area contributed by atoms with Gasteiger partial charge in [0.15, 0.2) is 11.6 Å². The molecule has 4 nitrogen and oxygen atoms in total. The van der Waals surface area contributed by atoms with E-state index in [4.69, 9.17) is 9.88 Å². The molecule has 0 heterocycles. The zero-order valence-electron chi connectivity index (χ0n) is 9.65. The molecule has 0 fully saturated rings. The van der Waals surface area contributed by atoms with Gasteiger partial charge in [-0.3, -0.25) is 0 Å². The summed E-state index contributed by atoms with van der Waals surface area (Å²) in [5.41, 5.74) is 0. The second-order valence-electron chi connectivity index (χ2n) is 3.69. The quantitative estimate of drug-likeness (QED) is 0.797. The van der Waals surface area contributed by atoms with Crippen LogP contribution >= 0.6 is 0 Å². The summed E-state index contributed by atoms with van der Waals surface area (Å²) in [5.74, 6) is -0.665. The van der Waals surface area contributed by atoms with Gasteiger partial charge in [0.2, 0.25) is 10.0 Å². The standard InChI is InChI=1S/C11H16FNO3S/c1-2-3-4-7-16-11-6-5-9(8-10(11)12)17(13,14)15/h5-6,8H,2-4,7H2,1H3,(H2,13,14,15). The Hall–Kier alpha value is -1.14. The van der Waals surface area contributed by atoms with Crippen molar-refractivity contribution < 1.29 is 17.5 Å². The fraction of sp³-hybridized carbons (Fsp3) is 0.455. The summed E-state index contributed by atoms with van der Waals surface area (Å²) >= 11 is 0. The summed E-state index contributed by atoms with van der Waals surface area (Å²) in [6.07, 6.45) is 2.90. The van der Waals surface area contributed by atoms with Gasteiger partial charge in [-0.15, -0.1) is 0 Å². The van der Waals surface area contributed by atoms with Crippen molar-refractivity contribution in [2.24, 2.45) is 5.14 Å². The van der Waals surface area contributed by atoms with Crippen molar-refractivity contribution in [3.05, 3.63) is 24.0 Å². The number of sulfonamides is 1. The number of nitrogens with two attached hydrogens (primary N) is 1. The lowest BCUT2D eigenvalue weighted by Gasteiger charge is -2.07. The largest absolute Gasteiger partial charge is 0.491 e. The van der Waals surface area contributed by atoms with Crippen LogP contribution in [0.5, 0.6) is 5.75 Å². The van der Waals surface area contributed by atoms with Crippen LogP contribution in [0.4, 0.5) is 4.39 Å². The van der Waals surface area contributed by atoms with E-state index in [0.29, 0.717) is 6.61 Å². The lowest BCUT2D eigenvalue weighted by molar-refractivity contribution is 0.291. The molecule has 0 atom stereocenters. The summed E-state index contributed by atoms with van der Waals surface area (Å²) in [4.78, 5) is -0.254. The van der Waals surface area contributed by atoms with Crippen LogP contribution in [0.25, 0.3) is 0 Å². The maximum absolute atomic E-state index is 13.4. The van der Waals surface area contributed by atoms with Gasteiger partial charge in [0.05, 0.1) is 11.5 Å². The molecule has 1 aromatic carbocycles. The molecule has 2 N–H and O–H groups in total. The van der Waals surface area contributed by atoms with Crippen molar-refractivity contribution in [1.82, 2.24) is 0 Å². The van der Waals surface area contributed by atoms with Crippen LogP contribution in [0.2, 0.25) is 0 Å². The molecule has 0 bridgehead atoms. The number of rotatable bonds is 6. The van der Waals surface area contributed by atoms with Gasteiger partial charge in [0, 0.05) is 0 Å². The molecule has 0 aromatic heterocycles. The van der Waals surface area contributed by atoms with Gasteiger partial charge in [0.1, 0.15) is 0 Å². The number of hydrogen-bond acceptors (Lipinski definition) is 3. The van der Waals surface area contributed by atoms with Crippen molar-refractivity contribution in [2.75, 3.05) is 6.61 Å². The van der Waals surface area contributed by atoms with Gasteiger partial charge in [-0.2, -0.15) is 0 Å². The predicted molar refractivity (Wildman–Crippen MR) is 62.8 cm³/mol. The average molecular weight is 261 g/mol. The molecule has 17 heavy (non-hydrogen) atoms. The molecule has 1 rings (SSSR count). The minimum absolute atomic E-state index is 0.0495. The molecule has 0 aliphatic heterocycles. The first-order valence-electron chi connectivity index (χ1n) is 5.40. The van der Waals surface area contributed by atoms with E-state index in [1.807, 2.05) is 0 Å². The number of benzene rings is 1. The molecule has 6 heteroatoms. The second-order valence-corrected chi connectivity index (χ2v) is 5.25. The zero-order valence-corrected chi connectivity index (χ0v) is 10.5. The van der Waals surface area contributed by atoms with E-state index in [-0.39, 0.29) is 10.6 Å². The lowest BCUT2D eigenvalue weighted by Crippen LogP contribution is -2.12. The van der Waals surface area contributed by atoms with Gasteiger partial charge < -0.3 is 4.74 Å². The van der Waals surface area contributed by atoms with Crippen LogP contribution < -0.4 is 9.88 Å². The summed E-state index contributed by atoms with van der Waals surface area (Å²) in [7, 11) is -3.87.